The van der Waals surface area contributed by atoms with Gasteiger partial charge in [0, 0.05) is 16.5 Å². The third-order valence-electron chi connectivity index (χ3n) is 4.43. The van der Waals surface area contributed by atoms with E-state index >= 15 is 0 Å². The lowest BCUT2D eigenvalue weighted by molar-refractivity contribution is 0.416. The molecule has 0 aliphatic heterocycles. The Morgan fingerprint density at radius 3 is 2.63 bits per heavy atom. The van der Waals surface area contributed by atoms with Gasteiger partial charge in [-0.25, -0.2) is 14.4 Å². The van der Waals surface area contributed by atoms with Crippen LogP contribution in [0.15, 0.2) is 60.9 Å². The summed E-state index contributed by atoms with van der Waals surface area (Å²) in [4.78, 5) is 10.8. The molecule has 4 aromatic rings. The zero-order chi connectivity index (χ0) is 18.8. The maximum atomic E-state index is 13.2. The minimum absolute atomic E-state index is 0.0155. The average molecular weight is 379 g/mol. The standard InChI is InChI=1S/C21H18FN3OS/c1-13(14-7-9-15(22)10-8-14)25-20-17-11-19(27-21(17)24-12-23-20)16-5-3-4-6-18(16)26-2/h3-13H,1-2H3,(H,23,24,25)/t13-/m1/s1. The molecule has 0 radical (unpaired) electrons. The Bertz CT molecular complexity index is 1080. The van der Waals surface area contributed by atoms with Crippen molar-refractivity contribution in [3.8, 4) is 16.2 Å². The van der Waals surface area contributed by atoms with Crippen molar-refractivity contribution in [2.75, 3.05) is 12.4 Å². The molecule has 0 fully saturated rings. The fourth-order valence-corrected chi connectivity index (χ4v) is 4.02. The first-order chi connectivity index (χ1) is 13.2. The van der Waals surface area contributed by atoms with Gasteiger partial charge < -0.3 is 10.1 Å². The highest BCUT2D eigenvalue weighted by Crippen LogP contribution is 2.39. The van der Waals surface area contributed by atoms with Crippen molar-refractivity contribution in [1.82, 2.24) is 9.97 Å². The third-order valence-corrected chi connectivity index (χ3v) is 5.50. The van der Waals surface area contributed by atoms with Crippen molar-refractivity contribution in [1.29, 1.82) is 0 Å². The van der Waals surface area contributed by atoms with E-state index < -0.39 is 0 Å². The summed E-state index contributed by atoms with van der Waals surface area (Å²) >= 11 is 1.60. The molecule has 2 aromatic heterocycles. The van der Waals surface area contributed by atoms with E-state index in [9.17, 15) is 4.39 Å². The van der Waals surface area contributed by atoms with Crippen molar-refractivity contribution >= 4 is 27.4 Å². The zero-order valence-corrected chi connectivity index (χ0v) is 15.8. The van der Waals surface area contributed by atoms with Gasteiger partial charge in [-0.2, -0.15) is 0 Å². The van der Waals surface area contributed by atoms with Crippen LogP contribution < -0.4 is 10.1 Å². The lowest BCUT2D eigenvalue weighted by atomic mass is 10.1. The number of nitrogens with zero attached hydrogens (tertiary/aromatic N) is 2. The van der Waals surface area contributed by atoms with Crippen LogP contribution in [-0.2, 0) is 0 Å². The molecule has 0 saturated heterocycles. The van der Waals surface area contributed by atoms with Gasteiger partial charge in [0.25, 0.3) is 0 Å². The van der Waals surface area contributed by atoms with Crippen LogP contribution in [0.5, 0.6) is 5.75 Å². The molecule has 0 unspecified atom stereocenters. The summed E-state index contributed by atoms with van der Waals surface area (Å²) in [6, 6.07) is 16.5. The van der Waals surface area contributed by atoms with Crippen LogP contribution >= 0.6 is 11.3 Å². The first-order valence-electron chi connectivity index (χ1n) is 8.55. The summed E-state index contributed by atoms with van der Waals surface area (Å²) in [6.45, 7) is 2.02. The van der Waals surface area contributed by atoms with Crippen LogP contribution in [0.1, 0.15) is 18.5 Å². The van der Waals surface area contributed by atoms with Gasteiger partial charge in [0.1, 0.15) is 28.5 Å². The summed E-state index contributed by atoms with van der Waals surface area (Å²) in [5.41, 5.74) is 2.02. The summed E-state index contributed by atoms with van der Waals surface area (Å²) in [6.07, 6.45) is 1.56. The number of nitrogens with one attached hydrogen (secondary N) is 1. The number of halogens is 1. The molecule has 0 aliphatic rings. The van der Waals surface area contributed by atoms with Crippen LogP contribution in [0.3, 0.4) is 0 Å². The Morgan fingerprint density at radius 2 is 1.85 bits per heavy atom. The molecule has 0 aliphatic carbocycles. The summed E-state index contributed by atoms with van der Waals surface area (Å²) in [5.74, 6) is 1.34. The van der Waals surface area contributed by atoms with Crippen LogP contribution in [-0.4, -0.2) is 17.1 Å². The van der Waals surface area contributed by atoms with Gasteiger partial charge in [-0.3, -0.25) is 0 Å². The van der Waals surface area contributed by atoms with E-state index in [1.807, 2.05) is 31.2 Å². The molecular formula is C21H18FN3OS. The fourth-order valence-electron chi connectivity index (χ4n) is 2.99. The van der Waals surface area contributed by atoms with Crippen LogP contribution in [0.4, 0.5) is 10.2 Å². The smallest absolute Gasteiger partial charge is 0.138 e. The SMILES string of the molecule is COc1ccccc1-c1cc2c(N[C@H](C)c3ccc(F)cc3)ncnc2s1. The Hall–Kier alpha value is -2.99. The van der Waals surface area contributed by atoms with Gasteiger partial charge in [-0.1, -0.05) is 24.3 Å². The number of hydrogen-bond acceptors (Lipinski definition) is 5. The second-order valence-electron chi connectivity index (χ2n) is 6.17. The molecule has 1 atom stereocenters. The molecule has 136 valence electrons. The third kappa shape index (κ3) is 3.48. The van der Waals surface area contributed by atoms with Gasteiger partial charge in [0.2, 0.25) is 0 Å². The van der Waals surface area contributed by atoms with Gasteiger partial charge in [-0.05, 0) is 42.8 Å². The van der Waals surface area contributed by atoms with Crippen LogP contribution in [0, 0.1) is 5.82 Å². The van der Waals surface area contributed by atoms with Gasteiger partial charge in [0.05, 0.1) is 12.5 Å². The number of fused-ring (bicyclic) bond motifs is 1. The van der Waals surface area contributed by atoms with E-state index in [2.05, 4.69) is 21.4 Å². The predicted molar refractivity (Wildman–Crippen MR) is 108 cm³/mol. The lowest BCUT2D eigenvalue weighted by Gasteiger charge is -2.15. The van der Waals surface area contributed by atoms with Gasteiger partial charge >= 0.3 is 0 Å². The van der Waals surface area contributed by atoms with E-state index in [-0.39, 0.29) is 11.9 Å². The number of anilines is 1. The van der Waals surface area contributed by atoms with Gasteiger partial charge in [-0.15, -0.1) is 11.3 Å². The van der Waals surface area contributed by atoms with E-state index in [4.69, 9.17) is 4.74 Å². The molecule has 4 nitrogen and oxygen atoms in total. The topological polar surface area (TPSA) is 47.0 Å². The highest BCUT2D eigenvalue weighted by Gasteiger charge is 2.14. The van der Waals surface area contributed by atoms with Crippen molar-refractivity contribution in [2.45, 2.75) is 13.0 Å². The van der Waals surface area contributed by atoms with Crippen LogP contribution in [0.25, 0.3) is 20.7 Å². The van der Waals surface area contributed by atoms with E-state index in [1.54, 1.807) is 36.9 Å². The number of para-hydroxylation sites is 1. The highest BCUT2D eigenvalue weighted by molar-refractivity contribution is 7.22. The summed E-state index contributed by atoms with van der Waals surface area (Å²) < 4.78 is 18.6. The number of ether oxygens (including phenoxy) is 1. The minimum atomic E-state index is -0.241. The number of benzene rings is 2. The van der Waals surface area contributed by atoms with E-state index in [1.165, 1.54) is 12.1 Å². The van der Waals surface area contributed by atoms with Crippen molar-refractivity contribution < 1.29 is 9.13 Å². The monoisotopic (exact) mass is 379 g/mol. The molecule has 4 rings (SSSR count). The second-order valence-corrected chi connectivity index (χ2v) is 7.20. The Labute approximate surface area is 160 Å². The largest absolute Gasteiger partial charge is 0.496 e. The van der Waals surface area contributed by atoms with Crippen molar-refractivity contribution in [2.24, 2.45) is 0 Å². The lowest BCUT2D eigenvalue weighted by Crippen LogP contribution is -2.08. The first-order valence-corrected chi connectivity index (χ1v) is 9.37. The Kier molecular flexibility index (Phi) is 4.73. The average Bonchev–Trinajstić information content (AvgIpc) is 3.13. The minimum Gasteiger partial charge on any atom is -0.496 e. The Morgan fingerprint density at radius 1 is 1.07 bits per heavy atom. The molecule has 6 heteroatoms. The number of methoxy groups -OCH3 is 1. The molecule has 0 bridgehead atoms. The molecule has 1 N–H and O–H groups in total. The van der Waals surface area contributed by atoms with E-state index in [0.717, 1.165) is 37.8 Å². The maximum Gasteiger partial charge on any atom is 0.138 e. The predicted octanol–water partition coefficient (Wildman–Crippen LogP) is 5.68. The van der Waals surface area contributed by atoms with Crippen molar-refractivity contribution in [3.63, 3.8) is 0 Å². The zero-order valence-electron chi connectivity index (χ0n) is 14.9. The van der Waals surface area contributed by atoms with E-state index in [0.29, 0.717) is 0 Å². The number of thiophene rings is 1. The second kappa shape index (κ2) is 7.32. The summed E-state index contributed by atoms with van der Waals surface area (Å²) in [5, 5.41) is 4.37. The molecule has 0 saturated carbocycles. The quantitative estimate of drug-likeness (QED) is 0.485. The fraction of sp³-hybridized carbons (Fsp3) is 0.143. The number of aromatic nitrogens is 2. The number of rotatable bonds is 5. The van der Waals surface area contributed by atoms with Crippen LogP contribution in [0.2, 0.25) is 0 Å². The highest BCUT2D eigenvalue weighted by atomic mass is 32.1. The Balaban J connectivity index is 1.70. The summed E-state index contributed by atoms with van der Waals surface area (Å²) in [7, 11) is 1.67. The van der Waals surface area contributed by atoms with Gasteiger partial charge in [0.15, 0.2) is 0 Å². The molecule has 2 aromatic carbocycles. The molecule has 27 heavy (non-hydrogen) atoms. The van der Waals surface area contributed by atoms with Crippen molar-refractivity contribution in [3.05, 3.63) is 72.3 Å². The molecule has 2 heterocycles. The molecule has 0 amide bonds. The number of hydrogen-bond donors (Lipinski definition) is 1. The molecule has 0 spiro atoms. The normalized spacial score (nSPS) is 12.1. The molecular weight excluding hydrogens is 361 g/mol. The first kappa shape index (κ1) is 17.4. The maximum absolute atomic E-state index is 13.2.